The Bertz CT molecular complexity index is 462. The van der Waals surface area contributed by atoms with E-state index >= 15 is 0 Å². The summed E-state index contributed by atoms with van der Waals surface area (Å²) in [7, 11) is 0. The molecule has 0 saturated carbocycles. The van der Waals surface area contributed by atoms with Crippen molar-refractivity contribution < 1.29 is 9.59 Å². The Hall–Kier alpha value is -1.68. The predicted molar refractivity (Wildman–Crippen MR) is 73.9 cm³/mol. The fraction of sp³-hybridized carbons (Fsp3) is 0.467. The number of aryl methyl sites for hydroxylation is 1. The van der Waals surface area contributed by atoms with Gasteiger partial charge in [-0.1, -0.05) is 17.7 Å². The second-order valence-electron chi connectivity index (χ2n) is 5.06. The molecule has 1 fully saturated rings. The van der Waals surface area contributed by atoms with Crippen LogP contribution in [0.1, 0.15) is 35.7 Å². The smallest absolute Gasteiger partial charge is 0.260 e. The first-order valence-corrected chi connectivity index (χ1v) is 6.71. The highest BCUT2D eigenvalue weighted by molar-refractivity contribution is 6.04. The van der Waals surface area contributed by atoms with E-state index in [1.807, 2.05) is 19.1 Å². The van der Waals surface area contributed by atoms with Crippen LogP contribution >= 0.6 is 0 Å². The average molecular weight is 260 g/mol. The van der Waals surface area contributed by atoms with Gasteiger partial charge in [-0.3, -0.25) is 14.5 Å². The van der Waals surface area contributed by atoms with Crippen LogP contribution in [0, 0.1) is 6.92 Å². The van der Waals surface area contributed by atoms with E-state index < -0.39 is 0 Å². The van der Waals surface area contributed by atoms with Gasteiger partial charge in [-0.15, -0.1) is 0 Å². The molecule has 1 aliphatic rings. The summed E-state index contributed by atoms with van der Waals surface area (Å²) in [5, 5.41) is 3.24. The molecule has 2 amide bonds. The van der Waals surface area contributed by atoms with Crippen molar-refractivity contribution in [3.8, 4) is 0 Å². The number of carbonyl (C=O) groups excluding carboxylic acids is 2. The normalized spacial score (nSPS) is 18.9. The van der Waals surface area contributed by atoms with E-state index in [4.69, 9.17) is 0 Å². The van der Waals surface area contributed by atoms with Crippen molar-refractivity contribution in [3.63, 3.8) is 0 Å². The van der Waals surface area contributed by atoms with Crippen LogP contribution in [0.2, 0.25) is 0 Å². The summed E-state index contributed by atoms with van der Waals surface area (Å²) in [4.78, 5) is 25.7. The van der Waals surface area contributed by atoms with E-state index in [0.717, 1.165) is 24.9 Å². The molecule has 0 aromatic heterocycles. The molecule has 102 valence electrons. The van der Waals surface area contributed by atoms with Gasteiger partial charge in [-0.25, -0.2) is 0 Å². The maximum absolute atomic E-state index is 12.5. The maximum atomic E-state index is 12.5. The van der Waals surface area contributed by atoms with Crippen molar-refractivity contribution in [2.24, 2.45) is 0 Å². The van der Waals surface area contributed by atoms with Gasteiger partial charge in [0, 0.05) is 19.0 Å². The lowest BCUT2D eigenvalue weighted by atomic mass is 10.0. The van der Waals surface area contributed by atoms with Gasteiger partial charge in [0.2, 0.25) is 5.91 Å². The van der Waals surface area contributed by atoms with E-state index in [0.29, 0.717) is 12.1 Å². The molecule has 4 heteroatoms. The number of carbonyl (C=O) groups is 2. The molecule has 1 saturated heterocycles. The molecule has 0 aliphatic carbocycles. The molecule has 1 aliphatic heterocycles. The van der Waals surface area contributed by atoms with Crippen LogP contribution in [0.25, 0.3) is 0 Å². The minimum atomic E-state index is -0.193. The lowest BCUT2D eigenvalue weighted by molar-refractivity contribution is -0.128. The van der Waals surface area contributed by atoms with Crippen LogP contribution in [0.3, 0.4) is 0 Å². The van der Waals surface area contributed by atoms with Gasteiger partial charge in [-0.2, -0.15) is 0 Å². The summed E-state index contributed by atoms with van der Waals surface area (Å²) in [6, 6.07) is 7.32. The van der Waals surface area contributed by atoms with E-state index in [9.17, 15) is 9.59 Å². The highest BCUT2D eigenvalue weighted by Crippen LogP contribution is 2.15. The second kappa shape index (κ2) is 5.97. The fourth-order valence-corrected chi connectivity index (χ4v) is 2.45. The molecule has 0 spiro atoms. The lowest BCUT2D eigenvalue weighted by Crippen LogP contribution is -2.50. The number of hydrogen-bond acceptors (Lipinski definition) is 3. The zero-order chi connectivity index (χ0) is 13.8. The molecule has 0 radical (unpaired) electrons. The summed E-state index contributed by atoms with van der Waals surface area (Å²) in [5.41, 5.74) is 1.68. The van der Waals surface area contributed by atoms with Crippen molar-refractivity contribution in [1.82, 2.24) is 10.2 Å². The third-order valence-electron chi connectivity index (χ3n) is 3.49. The topological polar surface area (TPSA) is 49.4 Å². The molecule has 1 N–H and O–H groups in total. The van der Waals surface area contributed by atoms with Crippen molar-refractivity contribution in [2.75, 3.05) is 13.1 Å². The summed E-state index contributed by atoms with van der Waals surface area (Å²) in [5.74, 6) is -0.375. The van der Waals surface area contributed by atoms with Crippen molar-refractivity contribution >= 4 is 11.8 Å². The van der Waals surface area contributed by atoms with Gasteiger partial charge in [0.25, 0.3) is 5.91 Å². The number of imide groups is 1. The molecule has 1 aromatic carbocycles. The highest BCUT2D eigenvalue weighted by atomic mass is 16.2. The number of piperidine rings is 1. The third-order valence-corrected chi connectivity index (χ3v) is 3.49. The molecule has 1 atom stereocenters. The Labute approximate surface area is 113 Å². The molecular formula is C15H20N2O2. The first-order chi connectivity index (χ1) is 9.09. The Morgan fingerprint density at radius 3 is 2.47 bits per heavy atom. The SMILES string of the molecule is CC(=O)N(C(=O)c1ccc(C)cc1)C1CCCNC1. The van der Waals surface area contributed by atoms with Crippen molar-refractivity contribution in [1.29, 1.82) is 0 Å². The quantitative estimate of drug-likeness (QED) is 0.881. The van der Waals surface area contributed by atoms with Crippen LogP contribution in [-0.4, -0.2) is 35.8 Å². The third kappa shape index (κ3) is 3.20. The van der Waals surface area contributed by atoms with Gasteiger partial charge in [0.05, 0.1) is 6.04 Å². The number of amides is 2. The van der Waals surface area contributed by atoms with Gasteiger partial charge < -0.3 is 5.32 Å². The fourth-order valence-electron chi connectivity index (χ4n) is 2.45. The zero-order valence-corrected chi connectivity index (χ0v) is 11.5. The standard InChI is InChI=1S/C15H20N2O2/c1-11-5-7-13(8-6-11)15(19)17(12(2)18)14-4-3-9-16-10-14/h5-8,14,16H,3-4,9-10H2,1-2H3. The Morgan fingerprint density at radius 1 is 1.26 bits per heavy atom. The van der Waals surface area contributed by atoms with Crippen LogP contribution in [-0.2, 0) is 4.79 Å². The largest absolute Gasteiger partial charge is 0.315 e. The van der Waals surface area contributed by atoms with E-state index in [-0.39, 0.29) is 17.9 Å². The minimum absolute atomic E-state index is 0.0277. The number of benzene rings is 1. The molecule has 2 rings (SSSR count). The monoisotopic (exact) mass is 260 g/mol. The molecular weight excluding hydrogens is 240 g/mol. The predicted octanol–water partition coefficient (Wildman–Crippen LogP) is 1.74. The van der Waals surface area contributed by atoms with E-state index in [1.54, 1.807) is 12.1 Å². The second-order valence-corrected chi connectivity index (χ2v) is 5.06. The molecule has 4 nitrogen and oxygen atoms in total. The number of nitrogens with one attached hydrogen (secondary N) is 1. The number of nitrogens with zero attached hydrogens (tertiary/aromatic N) is 1. The molecule has 0 bridgehead atoms. The van der Waals surface area contributed by atoms with Gasteiger partial charge in [0.1, 0.15) is 0 Å². The summed E-state index contributed by atoms with van der Waals surface area (Å²) >= 11 is 0. The van der Waals surface area contributed by atoms with E-state index in [2.05, 4.69) is 5.32 Å². The number of hydrogen-bond donors (Lipinski definition) is 1. The summed E-state index contributed by atoms with van der Waals surface area (Å²) in [6.45, 7) is 5.08. The van der Waals surface area contributed by atoms with Gasteiger partial charge >= 0.3 is 0 Å². The lowest BCUT2D eigenvalue weighted by Gasteiger charge is -2.32. The Kier molecular flexibility index (Phi) is 4.32. The van der Waals surface area contributed by atoms with Crippen LogP contribution < -0.4 is 5.32 Å². The number of rotatable bonds is 2. The first-order valence-electron chi connectivity index (χ1n) is 6.71. The summed E-state index contributed by atoms with van der Waals surface area (Å²) < 4.78 is 0. The first kappa shape index (κ1) is 13.7. The molecule has 1 aromatic rings. The van der Waals surface area contributed by atoms with Crippen LogP contribution in [0.15, 0.2) is 24.3 Å². The highest BCUT2D eigenvalue weighted by Gasteiger charge is 2.29. The van der Waals surface area contributed by atoms with E-state index in [1.165, 1.54) is 11.8 Å². The minimum Gasteiger partial charge on any atom is -0.315 e. The maximum Gasteiger partial charge on any atom is 0.260 e. The average Bonchev–Trinajstić information content (AvgIpc) is 2.40. The Balaban J connectivity index is 2.20. The van der Waals surface area contributed by atoms with Crippen molar-refractivity contribution in [2.45, 2.75) is 32.7 Å². The van der Waals surface area contributed by atoms with Crippen LogP contribution in [0.4, 0.5) is 0 Å². The van der Waals surface area contributed by atoms with Crippen LogP contribution in [0.5, 0.6) is 0 Å². The zero-order valence-electron chi connectivity index (χ0n) is 11.5. The van der Waals surface area contributed by atoms with Crippen molar-refractivity contribution in [3.05, 3.63) is 35.4 Å². The molecule has 19 heavy (non-hydrogen) atoms. The van der Waals surface area contributed by atoms with Gasteiger partial charge in [0.15, 0.2) is 0 Å². The molecule has 1 unspecified atom stereocenters. The Morgan fingerprint density at radius 2 is 1.95 bits per heavy atom. The molecule has 1 heterocycles. The van der Waals surface area contributed by atoms with Gasteiger partial charge in [-0.05, 0) is 38.4 Å². The summed E-state index contributed by atoms with van der Waals surface area (Å²) in [6.07, 6.45) is 1.87.